The van der Waals surface area contributed by atoms with Gasteiger partial charge in [0.05, 0.1) is 75.1 Å². The smallest absolute Gasteiger partial charge is 0.231 e. The first-order valence-corrected chi connectivity index (χ1v) is 44.6. The molecule has 0 N–H and O–H groups in total. The van der Waals surface area contributed by atoms with Crippen molar-refractivity contribution in [2.45, 2.75) is 126 Å². The fraction of sp³-hybridized carbons (Fsp3) is 0.296. The molecule has 16 bridgehead atoms. The molecule has 0 saturated carbocycles. The van der Waals surface area contributed by atoms with Crippen LogP contribution >= 0.6 is 0 Å². The molecule has 0 amide bonds. The lowest BCUT2D eigenvalue weighted by Gasteiger charge is -2.37. The highest BCUT2D eigenvalue weighted by Gasteiger charge is 2.44. The molecule has 17 rings (SSSR count). The van der Waals surface area contributed by atoms with E-state index in [9.17, 15) is 19.2 Å². The summed E-state index contributed by atoms with van der Waals surface area (Å²) >= 11 is 0. The second-order valence-corrected chi connectivity index (χ2v) is 32.3. The number of aldehydes is 4. The molecule has 20 nitrogen and oxygen atoms in total. The largest absolute Gasteiger partial charge is 0.493 e. The second-order valence-electron chi connectivity index (χ2n) is 32.3. The van der Waals surface area contributed by atoms with Gasteiger partial charge in [-0.1, -0.05) is 170 Å². The number of carbonyl (C=O) groups is 4. The quantitative estimate of drug-likeness (QED) is 0.0256. The van der Waals surface area contributed by atoms with Crippen LogP contribution in [0.3, 0.4) is 0 Å². The summed E-state index contributed by atoms with van der Waals surface area (Å²) in [6, 6.07) is 80.1. The molecule has 12 aromatic carbocycles. The Bertz CT molecular complexity index is 4960. The van der Waals surface area contributed by atoms with Crippen molar-refractivity contribution in [3.8, 4) is 92.0 Å². The molecule has 128 heavy (non-hydrogen) atoms. The van der Waals surface area contributed by atoms with Gasteiger partial charge in [0, 0.05) is 68.2 Å². The van der Waals surface area contributed by atoms with E-state index in [0.29, 0.717) is 243 Å². The van der Waals surface area contributed by atoms with Crippen LogP contribution in [0.25, 0.3) is 0 Å². The summed E-state index contributed by atoms with van der Waals surface area (Å²) in [7, 11) is 0. The first-order chi connectivity index (χ1) is 63.4. The number of carbonyl (C=O) groups excluding carboxylic acids is 4. The average molecular weight is 1720 g/mol. The van der Waals surface area contributed by atoms with Crippen molar-refractivity contribution in [3.63, 3.8) is 0 Å². The molecule has 1 aliphatic carbocycles. The first kappa shape index (κ1) is 86.2. The topological polar surface area (TPSA) is 216 Å². The molecule has 0 spiro atoms. The second kappa shape index (κ2) is 42.9. The van der Waals surface area contributed by atoms with Crippen LogP contribution in [0.5, 0.6) is 92.0 Å². The standard InChI is InChI=1S/C108H104O20/c109-65-77-37-13-17-41-93(77)113-53-21-25-57-117-105-97-85-61-87-82(50-46-74-31-7-2-8-32-74)89-63-91-84(52-48-76-35-11-4-12-36-76)92-64-90-83(51-47-75-33-9-3-10-34-75)88-62-86(81(85)49-45-73-29-5-1-6-30-73)98(122-69-121-97)106(118-58-26-22-54-114-94-42-18-14-38-78(94)66-110)100(88)124-71-126-102(90)108(120-60-28-24-56-116-96-44-20-16-40-80(96)68-112)104(92)128-72-127-103(91)107(101(89)125-70-123-99(87)105)119-59-27-23-55-115-95-43-19-15-39-79(95)67-111/h1-20,29-44,61-68,81-84H,21-28,45-60,69-72H2. The fourth-order valence-electron chi connectivity index (χ4n) is 17.8. The van der Waals surface area contributed by atoms with Gasteiger partial charge >= 0.3 is 0 Å². The molecule has 0 unspecified atom stereocenters. The fourth-order valence-corrected chi connectivity index (χ4v) is 17.8. The normalized spacial score (nSPS) is 15.2. The molecular formula is C108H104O20. The third-order valence-electron chi connectivity index (χ3n) is 24.2. The van der Waals surface area contributed by atoms with Crippen molar-refractivity contribution >= 4 is 25.1 Å². The summed E-state index contributed by atoms with van der Waals surface area (Å²) in [6.07, 6.45) is 12.0. The Balaban J connectivity index is 0.910. The molecule has 12 aromatic rings. The van der Waals surface area contributed by atoms with E-state index < -0.39 is 23.7 Å². The minimum absolute atomic E-state index is 0.192. The maximum absolute atomic E-state index is 12.2. The van der Waals surface area contributed by atoms with Crippen molar-refractivity contribution in [1.29, 1.82) is 0 Å². The van der Waals surface area contributed by atoms with Gasteiger partial charge in [-0.15, -0.1) is 0 Å². The van der Waals surface area contributed by atoms with E-state index in [4.69, 9.17) is 75.8 Å². The Morgan fingerprint density at radius 2 is 0.391 bits per heavy atom. The van der Waals surface area contributed by atoms with Gasteiger partial charge in [0.25, 0.3) is 0 Å². The van der Waals surface area contributed by atoms with Crippen LogP contribution in [-0.2, 0) is 25.7 Å². The highest BCUT2D eigenvalue weighted by Crippen LogP contribution is 2.63. The van der Waals surface area contributed by atoms with E-state index in [0.717, 1.165) is 91.9 Å². The molecule has 4 heterocycles. The lowest BCUT2D eigenvalue weighted by Crippen LogP contribution is -2.25. The van der Waals surface area contributed by atoms with Gasteiger partial charge in [-0.05, 0) is 198 Å². The summed E-state index contributed by atoms with van der Waals surface area (Å²) < 4.78 is 114. The highest BCUT2D eigenvalue weighted by molar-refractivity contribution is 5.81. The molecule has 5 aliphatic rings. The van der Waals surface area contributed by atoms with Crippen molar-refractivity contribution in [1.82, 2.24) is 0 Å². The van der Waals surface area contributed by atoms with Crippen LogP contribution in [-0.4, -0.2) is 105 Å². The number of aryl methyl sites for hydroxylation is 4. The van der Waals surface area contributed by atoms with Crippen LogP contribution in [0.1, 0.15) is 209 Å². The van der Waals surface area contributed by atoms with E-state index in [1.165, 1.54) is 0 Å². The van der Waals surface area contributed by atoms with Crippen molar-refractivity contribution in [2.75, 3.05) is 80.0 Å². The Hall–Kier alpha value is -13.9. The van der Waals surface area contributed by atoms with E-state index in [1.807, 2.05) is 72.8 Å². The summed E-state index contributed by atoms with van der Waals surface area (Å²) in [5.74, 6) is 4.63. The third-order valence-corrected chi connectivity index (χ3v) is 24.2. The number of para-hydroxylation sites is 4. The van der Waals surface area contributed by atoms with Crippen molar-refractivity contribution in [2.24, 2.45) is 0 Å². The number of hydrogen-bond donors (Lipinski definition) is 0. The number of ether oxygens (including phenoxy) is 16. The van der Waals surface area contributed by atoms with Gasteiger partial charge in [0.15, 0.2) is 71.1 Å². The van der Waals surface area contributed by atoms with E-state index in [1.54, 1.807) is 48.5 Å². The molecule has 656 valence electrons. The Morgan fingerprint density at radius 3 is 0.578 bits per heavy atom. The molecule has 0 aromatic heterocycles. The number of rotatable bonds is 44. The van der Waals surface area contributed by atoms with Crippen LogP contribution < -0.4 is 75.8 Å². The first-order valence-electron chi connectivity index (χ1n) is 44.6. The Kier molecular flexibility index (Phi) is 28.9. The van der Waals surface area contributed by atoms with Crippen LogP contribution in [0.4, 0.5) is 0 Å². The van der Waals surface area contributed by atoms with Gasteiger partial charge in [0.2, 0.25) is 50.2 Å². The van der Waals surface area contributed by atoms with Gasteiger partial charge in [0.1, 0.15) is 23.0 Å². The zero-order chi connectivity index (χ0) is 87.0. The minimum atomic E-state index is -0.576. The zero-order valence-electron chi connectivity index (χ0n) is 71.7. The molecule has 0 fully saturated rings. The van der Waals surface area contributed by atoms with Gasteiger partial charge in [-0.3, -0.25) is 19.2 Å². The zero-order valence-corrected chi connectivity index (χ0v) is 71.7. The highest BCUT2D eigenvalue weighted by atomic mass is 16.7. The predicted molar refractivity (Wildman–Crippen MR) is 485 cm³/mol. The summed E-state index contributed by atoms with van der Waals surface area (Å²) in [5.41, 5.74) is 12.8. The molecule has 0 atom stereocenters. The molecule has 0 radical (unpaired) electrons. The molecule has 4 aliphatic heterocycles. The van der Waals surface area contributed by atoms with Gasteiger partial charge in [-0.2, -0.15) is 0 Å². The third kappa shape index (κ3) is 20.1. The van der Waals surface area contributed by atoms with Crippen molar-refractivity contribution < 1.29 is 95.0 Å². The Labute approximate surface area is 746 Å². The van der Waals surface area contributed by atoms with Crippen LogP contribution in [0.2, 0.25) is 0 Å². The minimum Gasteiger partial charge on any atom is -0.493 e. The lowest BCUT2D eigenvalue weighted by atomic mass is 9.75. The summed E-state index contributed by atoms with van der Waals surface area (Å²) in [4.78, 5) is 48.9. The monoisotopic (exact) mass is 1720 g/mol. The van der Waals surface area contributed by atoms with Gasteiger partial charge < -0.3 is 75.8 Å². The SMILES string of the molecule is O=Cc1ccccc1OCCCCOc1c2c3cc4c1OCOc1c(cc5c(c1OCCCCOc1ccccc1C=O)OCOc1c(cc6c(c1OCCCCOc1ccccc1C=O)OCOc1c(cc(c(c1OCCCCOc1ccccc1C=O)OCO2)C3CCc1ccccc1)C6CCc1ccccc1)C5CCc1ccccc1)C4CCc1ccccc1. The van der Waals surface area contributed by atoms with Crippen molar-refractivity contribution in [3.05, 3.63) is 332 Å². The number of benzene rings is 12. The average Bonchev–Trinajstić information content (AvgIpc) is 0.718. The van der Waals surface area contributed by atoms with Crippen LogP contribution in [0.15, 0.2) is 243 Å². The lowest BCUT2D eigenvalue weighted by molar-refractivity contribution is 0.0818. The van der Waals surface area contributed by atoms with E-state index in [2.05, 4.69) is 121 Å². The maximum atomic E-state index is 12.2. The predicted octanol–water partition coefficient (Wildman–Crippen LogP) is 22.2. The van der Waals surface area contributed by atoms with E-state index in [-0.39, 0.29) is 53.6 Å². The van der Waals surface area contributed by atoms with Crippen LogP contribution in [0, 0.1) is 0 Å². The number of hydrogen-bond acceptors (Lipinski definition) is 20. The molecule has 20 heteroatoms. The Morgan fingerprint density at radius 1 is 0.219 bits per heavy atom. The van der Waals surface area contributed by atoms with Gasteiger partial charge in [-0.25, -0.2) is 0 Å². The number of unbranched alkanes of at least 4 members (excludes halogenated alkanes) is 4. The van der Waals surface area contributed by atoms with E-state index >= 15 is 0 Å². The maximum Gasteiger partial charge on any atom is 0.231 e. The summed E-state index contributed by atoms with van der Waals surface area (Å²) in [6.45, 7) is 0.719. The summed E-state index contributed by atoms with van der Waals surface area (Å²) in [5, 5.41) is 0. The molecular weight excluding hydrogens is 1620 g/mol. The molecule has 0 saturated heterocycles.